The zero-order chi connectivity index (χ0) is 17.5. The zero-order valence-electron chi connectivity index (χ0n) is 13.8. The molecule has 0 bridgehead atoms. The average molecular weight is 323 g/mol. The Morgan fingerprint density at radius 1 is 0.958 bits per heavy atom. The van der Waals surface area contributed by atoms with E-state index in [-0.39, 0.29) is 11.9 Å². The molecule has 3 amide bonds. The lowest BCUT2D eigenvalue weighted by Gasteiger charge is -2.09. The molecule has 5 heteroatoms. The molecule has 2 aromatic rings. The van der Waals surface area contributed by atoms with Gasteiger partial charge in [-0.15, -0.1) is 6.58 Å². The number of hydrogen-bond acceptors (Lipinski definition) is 2. The molecule has 0 aromatic heterocycles. The second kappa shape index (κ2) is 7.97. The van der Waals surface area contributed by atoms with E-state index < -0.39 is 0 Å². The molecule has 0 heterocycles. The van der Waals surface area contributed by atoms with Gasteiger partial charge in [0, 0.05) is 23.5 Å². The van der Waals surface area contributed by atoms with Gasteiger partial charge in [-0.2, -0.15) is 0 Å². The number of amides is 3. The number of carbonyl (C=O) groups excluding carboxylic acids is 2. The van der Waals surface area contributed by atoms with Crippen LogP contribution in [-0.2, 0) is 0 Å². The largest absolute Gasteiger partial charge is 0.334 e. The lowest BCUT2D eigenvalue weighted by atomic mass is 10.1. The van der Waals surface area contributed by atoms with Crippen molar-refractivity contribution >= 4 is 23.3 Å². The quantitative estimate of drug-likeness (QED) is 0.731. The molecule has 0 saturated carbocycles. The molecule has 0 aliphatic rings. The Balaban J connectivity index is 1.98. The van der Waals surface area contributed by atoms with Crippen LogP contribution in [0.4, 0.5) is 16.2 Å². The highest BCUT2D eigenvalue weighted by atomic mass is 16.2. The van der Waals surface area contributed by atoms with Gasteiger partial charge in [-0.25, -0.2) is 4.79 Å². The standard InChI is InChI=1S/C19H21N3O2/c1-4-11-20-19(24)22-17-9-7-16(8-10-17)21-18(23)15-6-5-13(2)14(3)12-15/h4-10,12H,1,11H2,2-3H3,(H,21,23)(H2,20,22,24). The van der Waals surface area contributed by atoms with Crippen molar-refractivity contribution in [1.82, 2.24) is 5.32 Å². The SMILES string of the molecule is C=CCNC(=O)Nc1ccc(NC(=O)c2ccc(C)c(C)c2)cc1. The van der Waals surface area contributed by atoms with Crippen LogP contribution >= 0.6 is 0 Å². The maximum absolute atomic E-state index is 12.3. The minimum absolute atomic E-state index is 0.164. The van der Waals surface area contributed by atoms with E-state index in [1.807, 2.05) is 26.0 Å². The number of rotatable bonds is 5. The number of aryl methyl sites for hydroxylation is 2. The predicted molar refractivity (Wildman–Crippen MR) is 97.5 cm³/mol. The van der Waals surface area contributed by atoms with E-state index in [4.69, 9.17) is 0 Å². The summed E-state index contributed by atoms with van der Waals surface area (Å²) in [6.45, 7) is 7.91. The third-order valence-electron chi connectivity index (χ3n) is 3.58. The summed E-state index contributed by atoms with van der Waals surface area (Å²) in [6, 6.07) is 12.2. The molecule has 0 atom stereocenters. The molecule has 0 radical (unpaired) electrons. The van der Waals surface area contributed by atoms with E-state index in [2.05, 4.69) is 22.5 Å². The normalized spacial score (nSPS) is 9.92. The fraction of sp³-hybridized carbons (Fsp3) is 0.158. The van der Waals surface area contributed by atoms with Crippen LogP contribution in [0.1, 0.15) is 21.5 Å². The molecule has 124 valence electrons. The molecule has 2 rings (SSSR count). The fourth-order valence-electron chi connectivity index (χ4n) is 2.06. The Kier molecular flexibility index (Phi) is 5.73. The summed E-state index contributed by atoms with van der Waals surface area (Å²) in [7, 11) is 0. The lowest BCUT2D eigenvalue weighted by Crippen LogP contribution is -2.28. The van der Waals surface area contributed by atoms with Gasteiger partial charge < -0.3 is 16.0 Å². The maximum atomic E-state index is 12.3. The van der Waals surface area contributed by atoms with Gasteiger partial charge in [0.05, 0.1) is 0 Å². The van der Waals surface area contributed by atoms with Gasteiger partial charge >= 0.3 is 6.03 Å². The molecule has 24 heavy (non-hydrogen) atoms. The number of benzene rings is 2. The van der Waals surface area contributed by atoms with Gasteiger partial charge in [0.1, 0.15) is 0 Å². The van der Waals surface area contributed by atoms with Gasteiger partial charge in [-0.1, -0.05) is 12.1 Å². The van der Waals surface area contributed by atoms with Crippen LogP contribution in [0.5, 0.6) is 0 Å². The maximum Gasteiger partial charge on any atom is 0.319 e. The highest BCUT2D eigenvalue weighted by Crippen LogP contribution is 2.16. The molecule has 2 aromatic carbocycles. The van der Waals surface area contributed by atoms with Crippen LogP contribution in [0.15, 0.2) is 55.1 Å². The van der Waals surface area contributed by atoms with Crippen LogP contribution in [-0.4, -0.2) is 18.5 Å². The van der Waals surface area contributed by atoms with Crippen LogP contribution in [0.3, 0.4) is 0 Å². The second-order valence-electron chi connectivity index (χ2n) is 5.45. The zero-order valence-corrected chi connectivity index (χ0v) is 13.8. The van der Waals surface area contributed by atoms with Crippen molar-refractivity contribution in [2.45, 2.75) is 13.8 Å². The van der Waals surface area contributed by atoms with Gasteiger partial charge in [0.15, 0.2) is 0 Å². The Hall–Kier alpha value is -3.08. The molecule has 0 spiro atoms. The highest BCUT2D eigenvalue weighted by molar-refractivity contribution is 6.04. The third-order valence-corrected chi connectivity index (χ3v) is 3.58. The summed E-state index contributed by atoms with van der Waals surface area (Å²) in [5.41, 5.74) is 4.14. The van der Waals surface area contributed by atoms with Crippen molar-refractivity contribution < 1.29 is 9.59 Å². The van der Waals surface area contributed by atoms with Crippen molar-refractivity contribution in [3.05, 3.63) is 71.8 Å². The number of carbonyl (C=O) groups is 2. The van der Waals surface area contributed by atoms with Gasteiger partial charge in [0.25, 0.3) is 5.91 Å². The first-order chi connectivity index (χ1) is 11.5. The van der Waals surface area contributed by atoms with Crippen LogP contribution in [0.2, 0.25) is 0 Å². The van der Waals surface area contributed by atoms with Gasteiger partial charge in [-0.3, -0.25) is 4.79 Å². The monoisotopic (exact) mass is 323 g/mol. The average Bonchev–Trinajstić information content (AvgIpc) is 2.57. The first kappa shape index (κ1) is 17.3. The number of urea groups is 1. The topological polar surface area (TPSA) is 70.2 Å². The second-order valence-corrected chi connectivity index (χ2v) is 5.45. The Labute approximate surface area is 141 Å². The third kappa shape index (κ3) is 4.71. The summed E-state index contributed by atoms with van der Waals surface area (Å²) >= 11 is 0. The first-order valence-corrected chi connectivity index (χ1v) is 7.64. The first-order valence-electron chi connectivity index (χ1n) is 7.64. The molecular formula is C19H21N3O2. The summed E-state index contributed by atoms with van der Waals surface area (Å²) in [5.74, 6) is -0.164. The van der Waals surface area contributed by atoms with Crippen molar-refractivity contribution in [1.29, 1.82) is 0 Å². The van der Waals surface area contributed by atoms with E-state index in [0.717, 1.165) is 11.1 Å². The van der Waals surface area contributed by atoms with Crippen molar-refractivity contribution in [2.24, 2.45) is 0 Å². The van der Waals surface area contributed by atoms with Crippen LogP contribution in [0.25, 0.3) is 0 Å². The fourth-order valence-corrected chi connectivity index (χ4v) is 2.06. The number of anilines is 2. The molecule has 0 aliphatic carbocycles. The molecule has 3 N–H and O–H groups in total. The Morgan fingerprint density at radius 2 is 1.58 bits per heavy atom. The van der Waals surface area contributed by atoms with E-state index in [0.29, 0.717) is 23.5 Å². The minimum atomic E-state index is -0.304. The summed E-state index contributed by atoms with van der Waals surface area (Å²) in [4.78, 5) is 23.8. The van der Waals surface area contributed by atoms with E-state index in [1.165, 1.54) is 0 Å². The summed E-state index contributed by atoms with van der Waals surface area (Å²) in [5, 5.41) is 8.15. The van der Waals surface area contributed by atoms with Gasteiger partial charge in [-0.05, 0) is 61.4 Å². The molecule has 0 fully saturated rings. The summed E-state index contributed by atoms with van der Waals surface area (Å²) in [6.07, 6.45) is 1.60. The van der Waals surface area contributed by atoms with E-state index in [9.17, 15) is 9.59 Å². The van der Waals surface area contributed by atoms with E-state index in [1.54, 1.807) is 36.4 Å². The highest BCUT2D eigenvalue weighted by Gasteiger charge is 2.07. The molecule has 0 aliphatic heterocycles. The number of nitrogens with one attached hydrogen (secondary N) is 3. The Morgan fingerprint density at radius 3 is 2.17 bits per heavy atom. The van der Waals surface area contributed by atoms with E-state index >= 15 is 0 Å². The van der Waals surface area contributed by atoms with Crippen LogP contribution < -0.4 is 16.0 Å². The molecule has 0 saturated heterocycles. The lowest BCUT2D eigenvalue weighted by molar-refractivity contribution is 0.102. The van der Waals surface area contributed by atoms with Gasteiger partial charge in [0.2, 0.25) is 0 Å². The molecular weight excluding hydrogens is 302 g/mol. The summed E-state index contributed by atoms with van der Waals surface area (Å²) < 4.78 is 0. The molecule has 0 unspecified atom stereocenters. The van der Waals surface area contributed by atoms with Crippen molar-refractivity contribution in [2.75, 3.05) is 17.2 Å². The van der Waals surface area contributed by atoms with Crippen molar-refractivity contribution in [3.63, 3.8) is 0 Å². The van der Waals surface area contributed by atoms with Crippen LogP contribution in [0, 0.1) is 13.8 Å². The predicted octanol–water partition coefficient (Wildman–Crippen LogP) is 3.86. The minimum Gasteiger partial charge on any atom is -0.334 e. The van der Waals surface area contributed by atoms with Crippen molar-refractivity contribution in [3.8, 4) is 0 Å². The smallest absolute Gasteiger partial charge is 0.319 e. The molecule has 5 nitrogen and oxygen atoms in total. The Bertz CT molecular complexity index is 752. The number of hydrogen-bond donors (Lipinski definition) is 3.